The van der Waals surface area contributed by atoms with Crippen molar-refractivity contribution in [3.05, 3.63) is 72.3 Å². The topological polar surface area (TPSA) is 74.0 Å². The highest BCUT2D eigenvalue weighted by Gasteiger charge is 2.18. The van der Waals surface area contributed by atoms with Gasteiger partial charge in [0.05, 0.1) is 23.1 Å². The Morgan fingerprint density at radius 2 is 1.60 bits per heavy atom. The Balaban J connectivity index is 1.70. The number of pyridine rings is 1. The van der Waals surface area contributed by atoms with Gasteiger partial charge in [-0.05, 0) is 18.1 Å². The number of unbranched alkanes of at least 4 members (excludes halogenated alkanes) is 5. The molecule has 0 saturated carbocycles. The van der Waals surface area contributed by atoms with Crippen molar-refractivity contribution in [1.29, 1.82) is 5.26 Å². The first-order chi connectivity index (χ1) is 17.1. The van der Waals surface area contributed by atoms with E-state index < -0.39 is 16.9 Å². The molecule has 0 radical (unpaired) electrons. The maximum atomic E-state index is 12.4. The molecular weight excluding hydrogens is 472 g/mol. The van der Waals surface area contributed by atoms with Crippen LogP contribution >= 0.6 is 11.8 Å². The van der Waals surface area contributed by atoms with Gasteiger partial charge < -0.3 is 5.11 Å². The average Bonchev–Trinajstić information content (AvgIpc) is 2.90. The third kappa shape index (κ3) is 8.61. The van der Waals surface area contributed by atoms with Crippen LogP contribution in [0.3, 0.4) is 0 Å². The molecule has 1 heterocycles. The molecule has 3 aromatic rings. The predicted octanol–water partition coefficient (Wildman–Crippen LogP) is 6.85. The predicted molar refractivity (Wildman–Crippen MR) is 148 cm³/mol. The second-order valence-corrected chi connectivity index (χ2v) is 11.3. The van der Waals surface area contributed by atoms with Gasteiger partial charge in [-0.2, -0.15) is 5.26 Å². The molecule has 0 saturated heterocycles. The minimum Gasteiger partial charge on any atom is -0.391 e. The number of nitriles is 1. The summed E-state index contributed by atoms with van der Waals surface area (Å²) < 4.78 is 12.4. The zero-order valence-electron chi connectivity index (χ0n) is 20.4. The van der Waals surface area contributed by atoms with Gasteiger partial charge in [0.25, 0.3) is 0 Å². The van der Waals surface area contributed by atoms with Crippen molar-refractivity contribution in [1.82, 2.24) is 4.98 Å². The maximum Gasteiger partial charge on any atom is 0.115 e. The van der Waals surface area contributed by atoms with Crippen molar-refractivity contribution in [2.24, 2.45) is 0 Å². The lowest BCUT2D eigenvalue weighted by atomic mass is 9.99. The summed E-state index contributed by atoms with van der Waals surface area (Å²) in [6.07, 6.45) is 6.23. The summed E-state index contributed by atoms with van der Waals surface area (Å²) in [5.74, 6) is 1.24. The van der Waals surface area contributed by atoms with Crippen LogP contribution in [0.4, 0.5) is 0 Å². The van der Waals surface area contributed by atoms with Crippen molar-refractivity contribution in [3.8, 4) is 28.5 Å². The molecule has 0 bridgehead atoms. The van der Waals surface area contributed by atoms with Crippen LogP contribution in [0.15, 0.2) is 71.8 Å². The molecule has 35 heavy (non-hydrogen) atoms. The van der Waals surface area contributed by atoms with Crippen molar-refractivity contribution in [3.63, 3.8) is 0 Å². The fourth-order valence-corrected chi connectivity index (χ4v) is 6.22. The molecule has 6 heteroatoms. The normalized spacial score (nSPS) is 12.7. The molecule has 0 fully saturated rings. The Morgan fingerprint density at radius 3 is 2.26 bits per heavy atom. The molecule has 0 unspecified atom stereocenters. The second kappa shape index (κ2) is 14.8. The first-order valence-electron chi connectivity index (χ1n) is 12.3. The molecule has 0 spiro atoms. The van der Waals surface area contributed by atoms with Crippen LogP contribution in [0.5, 0.6) is 0 Å². The molecule has 0 aliphatic rings. The maximum absolute atomic E-state index is 12.4. The van der Waals surface area contributed by atoms with Crippen molar-refractivity contribution in [2.75, 3.05) is 17.3 Å². The zero-order valence-corrected chi connectivity index (χ0v) is 22.0. The van der Waals surface area contributed by atoms with Gasteiger partial charge in [-0.15, -0.1) is 11.8 Å². The zero-order chi connectivity index (χ0) is 24.9. The van der Waals surface area contributed by atoms with Crippen LogP contribution in [0, 0.1) is 11.3 Å². The molecule has 2 aromatic carbocycles. The van der Waals surface area contributed by atoms with Gasteiger partial charge in [-0.3, -0.25) is 4.21 Å². The largest absolute Gasteiger partial charge is 0.391 e. The lowest BCUT2D eigenvalue weighted by Crippen LogP contribution is -2.21. The summed E-state index contributed by atoms with van der Waals surface area (Å²) >= 11 is 1.36. The second-order valence-electron chi connectivity index (χ2n) is 8.62. The number of hydrogen-bond acceptors (Lipinski definition) is 5. The third-order valence-electron chi connectivity index (χ3n) is 5.77. The number of hydrogen-bond donors (Lipinski definition) is 1. The lowest BCUT2D eigenvalue weighted by Gasteiger charge is -2.14. The molecule has 184 valence electrons. The Labute approximate surface area is 216 Å². The third-order valence-corrected chi connectivity index (χ3v) is 8.39. The average molecular weight is 507 g/mol. The lowest BCUT2D eigenvalue weighted by molar-refractivity contribution is 0.224. The highest BCUT2D eigenvalue weighted by Crippen LogP contribution is 2.34. The van der Waals surface area contributed by atoms with Crippen LogP contribution in [0.2, 0.25) is 0 Å². The number of nitrogens with zero attached hydrogens (tertiary/aromatic N) is 2. The van der Waals surface area contributed by atoms with E-state index in [1.807, 2.05) is 66.7 Å². The van der Waals surface area contributed by atoms with Gasteiger partial charge in [-0.1, -0.05) is 99.7 Å². The van der Waals surface area contributed by atoms with E-state index in [4.69, 9.17) is 4.98 Å². The molecule has 1 N–H and O–H groups in total. The number of rotatable bonds is 14. The van der Waals surface area contributed by atoms with Crippen LogP contribution in [0.1, 0.15) is 51.0 Å². The summed E-state index contributed by atoms with van der Waals surface area (Å²) in [6.45, 7) is 2.20. The Kier molecular flexibility index (Phi) is 11.5. The van der Waals surface area contributed by atoms with Gasteiger partial charge in [0.1, 0.15) is 11.1 Å². The summed E-state index contributed by atoms with van der Waals surface area (Å²) in [6, 6.07) is 24.0. The quantitative estimate of drug-likeness (QED) is 0.191. The fourth-order valence-electron chi connectivity index (χ4n) is 3.90. The number of thioether (sulfide) groups is 1. The summed E-state index contributed by atoms with van der Waals surface area (Å²) in [4.78, 5) is 4.79. The minimum atomic E-state index is -1.04. The van der Waals surface area contributed by atoms with E-state index in [1.54, 1.807) is 0 Å². The van der Waals surface area contributed by atoms with Crippen molar-refractivity contribution < 1.29 is 9.32 Å². The monoisotopic (exact) mass is 506 g/mol. The van der Waals surface area contributed by atoms with E-state index in [0.717, 1.165) is 35.2 Å². The smallest absolute Gasteiger partial charge is 0.115 e. The number of aromatic nitrogens is 1. The molecule has 0 aliphatic heterocycles. The van der Waals surface area contributed by atoms with E-state index >= 15 is 0 Å². The van der Waals surface area contributed by atoms with Crippen molar-refractivity contribution >= 4 is 22.6 Å². The molecule has 2 atom stereocenters. The minimum absolute atomic E-state index is 0.258. The molecule has 3 rings (SSSR count). The van der Waals surface area contributed by atoms with E-state index in [0.29, 0.717) is 22.1 Å². The number of benzene rings is 2. The summed E-state index contributed by atoms with van der Waals surface area (Å²) in [7, 11) is -1.04. The Bertz CT molecular complexity index is 1110. The molecule has 1 aromatic heterocycles. The van der Waals surface area contributed by atoms with Crippen LogP contribution < -0.4 is 0 Å². The first kappa shape index (κ1) is 27.1. The highest BCUT2D eigenvalue weighted by atomic mass is 32.2. The van der Waals surface area contributed by atoms with Gasteiger partial charge in [0.15, 0.2) is 0 Å². The van der Waals surface area contributed by atoms with E-state index in [9.17, 15) is 14.6 Å². The van der Waals surface area contributed by atoms with E-state index in [1.165, 1.54) is 37.4 Å². The van der Waals surface area contributed by atoms with Gasteiger partial charge in [0, 0.05) is 33.4 Å². The van der Waals surface area contributed by atoms with Gasteiger partial charge >= 0.3 is 0 Å². The Morgan fingerprint density at radius 1 is 0.971 bits per heavy atom. The van der Waals surface area contributed by atoms with Crippen LogP contribution in [-0.2, 0) is 10.8 Å². The SMILES string of the molecule is CCCCCCCC[S@](=O)C[C@H](O)CSc1nc(-c2ccccc2)cc(-c2ccccc2)c1C#N. The first-order valence-corrected chi connectivity index (χ1v) is 14.8. The van der Waals surface area contributed by atoms with Gasteiger partial charge in [0.2, 0.25) is 0 Å². The van der Waals surface area contributed by atoms with Crippen molar-refractivity contribution in [2.45, 2.75) is 56.6 Å². The van der Waals surface area contributed by atoms with Crippen LogP contribution in [-0.4, -0.2) is 37.7 Å². The molecule has 0 amide bonds. The molecule has 0 aliphatic carbocycles. The van der Waals surface area contributed by atoms with E-state index in [2.05, 4.69) is 13.0 Å². The van der Waals surface area contributed by atoms with E-state index in [-0.39, 0.29) is 5.75 Å². The number of aliphatic hydroxyl groups is 1. The fraction of sp³-hybridized carbons (Fsp3) is 0.379. The van der Waals surface area contributed by atoms with Crippen LogP contribution in [0.25, 0.3) is 22.4 Å². The number of aliphatic hydroxyl groups excluding tert-OH is 1. The summed E-state index contributed by atoms with van der Waals surface area (Å²) in [5, 5.41) is 21.1. The molecular formula is C29H34N2O2S2. The molecule has 4 nitrogen and oxygen atoms in total. The highest BCUT2D eigenvalue weighted by molar-refractivity contribution is 7.99. The Hall–Kier alpha value is -2.46. The van der Waals surface area contributed by atoms with Gasteiger partial charge in [-0.25, -0.2) is 4.98 Å². The standard InChI is InChI=1S/C29H34N2O2S2/c1-2-3-4-5-6-13-18-35(33)22-25(32)21-34-29-27(20-30)26(23-14-9-7-10-15-23)19-28(31-29)24-16-11-8-12-17-24/h7-12,14-17,19,25,32H,2-6,13,18,21-22H2,1H3/t25-,35+/m1/s1. The summed E-state index contributed by atoms with van der Waals surface area (Å²) in [5.41, 5.74) is 4.03.